The number of hydrogen-bond donors (Lipinski definition) is 0. The highest BCUT2D eigenvalue weighted by molar-refractivity contribution is 6.31. The molecule has 1 unspecified atom stereocenters. The fourth-order valence-electron chi connectivity index (χ4n) is 4.06. The lowest BCUT2D eigenvalue weighted by Crippen LogP contribution is -2.60. The Kier molecular flexibility index (Phi) is 5.37. The number of nitrogens with zero attached hydrogens (tertiary/aromatic N) is 3. The highest BCUT2D eigenvalue weighted by Crippen LogP contribution is 2.33. The molecule has 1 aromatic rings. The third kappa shape index (κ3) is 3.69. The lowest BCUT2D eigenvalue weighted by molar-refractivity contribution is -0.129. The number of rotatable bonds is 2. The number of carbonyl (C=O) groups excluding carboxylic acids is 1. The molecule has 2 fully saturated rings. The summed E-state index contributed by atoms with van der Waals surface area (Å²) in [6.07, 6.45) is 2.38. The molecular weight excluding hydrogens is 341 g/mol. The van der Waals surface area contributed by atoms with Gasteiger partial charge in [0.05, 0.1) is 0 Å². The number of hydrogen-bond acceptors (Lipinski definition) is 3. The van der Waals surface area contributed by atoms with Crippen molar-refractivity contribution in [3.8, 4) is 0 Å². The molecule has 0 radical (unpaired) electrons. The van der Waals surface area contributed by atoms with Gasteiger partial charge in [0, 0.05) is 62.3 Å². The number of carbonyl (C=O) groups is 1. The number of likely N-dealkylation sites (N-methyl/N-ethyl adjacent to an activating group) is 1. The lowest BCUT2D eigenvalue weighted by Gasteiger charge is -2.49. The number of aryl methyl sites for hydroxylation is 1. The molecule has 0 bridgehead atoms. The molecule has 6 heteroatoms. The summed E-state index contributed by atoms with van der Waals surface area (Å²) in [5, 5.41) is 0.492. The summed E-state index contributed by atoms with van der Waals surface area (Å²) in [5.74, 6) is 0.0198. The Bertz CT molecular complexity index is 668. The summed E-state index contributed by atoms with van der Waals surface area (Å²) in [5.41, 5.74) is 1.19. The summed E-state index contributed by atoms with van der Waals surface area (Å²) in [6.45, 7) is 5.71. The normalized spacial score (nSPS) is 26.3. The van der Waals surface area contributed by atoms with E-state index in [4.69, 9.17) is 11.6 Å². The fraction of sp³-hybridized carbons (Fsp3) is 0.632. The maximum absolute atomic E-state index is 14.5. The zero-order valence-corrected chi connectivity index (χ0v) is 16.1. The average molecular weight is 368 g/mol. The minimum Gasteiger partial charge on any atom is -0.346 e. The predicted molar refractivity (Wildman–Crippen MR) is 98.3 cm³/mol. The van der Waals surface area contributed by atoms with Crippen molar-refractivity contribution in [3.63, 3.8) is 0 Å². The van der Waals surface area contributed by atoms with Gasteiger partial charge in [-0.05, 0) is 38.4 Å². The molecule has 2 aliphatic rings. The Morgan fingerprint density at radius 2 is 1.96 bits per heavy atom. The topological polar surface area (TPSA) is 26.8 Å². The van der Waals surface area contributed by atoms with Crippen LogP contribution in [0.25, 0.3) is 0 Å². The van der Waals surface area contributed by atoms with Crippen LogP contribution in [0.5, 0.6) is 0 Å². The van der Waals surface area contributed by atoms with Crippen LogP contribution < -0.4 is 0 Å². The van der Waals surface area contributed by atoms with Gasteiger partial charge in [-0.1, -0.05) is 17.7 Å². The van der Waals surface area contributed by atoms with Crippen LogP contribution in [0.3, 0.4) is 0 Å². The van der Waals surface area contributed by atoms with E-state index in [1.54, 1.807) is 19.1 Å². The molecule has 2 heterocycles. The number of likely N-dealkylation sites (tertiary alicyclic amines) is 1. The maximum Gasteiger partial charge on any atom is 0.222 e. The first-order chi connectivity index (χ1) is 11.8. The molecule has 2 saturated heterocycles. The van der Waals surface area contributed by atoms with Crippen LogP contribution in [-0.4, -0.2) is 66.4 Å². The van der Waals surface area contributed by atoms with Crippen LogP contribution in [0.2, 0.25) is 5.02 Å². The van der Waals surface area contributed by atoms with Gasteiger partial charge in [0.1, 0.15) is 5.82 Å². The third-order valence-electron chi connectivity index (χ3n) is 5.98. The Hall–Kier alpha value is -1.17. The van der Waals surface area contributed by atoms with Gasteiger partial charge in [-0.25, -0.2) is 4.39 Å². The van der Waals surface area contributed by atoms with Gasteiger partial charge < -0.3 is 4.90 Å². The Balaban J connectivity index is 1.79. The van der Waals surface area contributed by atoms with E-state index in [-0.39, 0.29) is 17.3 Å². The van der Waals surface area contributed by atoms with E-state index < -0.39 is 0 Å². The molecule has 1 amide bonds. The molecule has 3 rings (SSSR count). The van der Waals surface area contributed by atoms with E-state index in [1.165, 1.54) is 0 Å². The molecule has 1 atom stereocenters. The lowest BCUT2D eigenvalue weighted by atomic mass is 9.86. The third-order valence-corrected chi connectivity index (χ3v) is 6.34. The molecule has 138 valence electrons. The molecule has 0 aliphatic carbocycles. The number of halogens is 2. The summed E-state index contributed by atoms with van der Waals surface area (Å²) < 4.78 is 14.5. The minimum atomic E-state index is -0.198. The van der Waals surface area contributed by atoms with E-state index >= 15 is 0 Å². The van der Waals surface area contributed by atoms with Gasteiger partial charge in [0.15, 0.2) is 0 Å². The molecule has 1 aromatic carbocycles. The first-order valence-corrected chi connectivity index (χ1v) is 9.31. The van der Waals surface area contributed by atoms with Crippen LogP contribution in [0.4, 0.5) is 4.39 Å². The van der Waals surface area contributed by atoms with Crippen molar-refractivity contribution < 1.29 is 9.18 Å². The molecular formula is C19H27ClFN3O. The van der Waals surface area contributed by atoms with Crippen LogP contribution in [-0.2, 0) is 11.3 Å². The van der Waals surface area contributed by atoms with Crippen molar-refractivity contribution in [2.24, 2.45) is 0 Å². The number of benzene rings is 1. The SMILES string of the molecule is Cc1ccc(Cl)c(CN2CCN(C)C3(CCC(=O)N(C)CC3)C2)c1F. The van der Waals surface area contributed by atoms with Crippen molar-refractivity contribution in [2.75, 3.05) is 40.3 Å². The van der Waals surface area contributed by atoms with Crippen LogP contribution >= 0.6 is 11.6 Å². The molecule has 2 aliphatic heterocycles. The Labute approximate surface area is 154 Å². The first-order valence-electron chi connectivity index (χ1n) is 8.93. The average Bonchev–Trinajstić information content (AvgIpc) is 2.73. The van der Waals surface area contributed by atoms with Crippen molar-refractivity contribution in [1.82, 2.24) is 14.7 Å². The number of piperazine rings is 1. The zero-order valence-electron chi connectivity index (χ0n) is 15.3. The smallest absolute Gasteiger partial charge is 0.222 e. The van der Waals surface area contributed by atoms with Crippen LogP contribution in [0.15, 0.2) is 12.1 Å². The van der Waals surface area contributed by atoms with Crippen LogP contribution in [0, 0.1) is 12.7 Å². The summed E-state index contributed by atoms with van der Waals surface area (Å²) in [4.78, 5) is 18.6. The van der Waals surface area contributed by atoms with Gasteiger partial charge >= 0.3 is 0 Å². The van der Waals surface area contributed by atoms with Gasteiger partial charge in [0.25, 0.3) is 0 Å². The largest absolute Gasteiger partial charge is 0.346 e. The monoisotopic (exact) mass is 367 g/mol. The molecule has 0 saturated carbocycles. The summed E-state index contributed by atoms with van der Waals surface area (Å²) in [7, 11) is 4.03. The molecule has 4 nitrogen and oxygen atoms in total. The fourth-order valence-corrected chi connectivity index (χ4v) is 4.26. The Morgan fingerprint density at radius 3 is 2.72 bits per heavy atom. The van der Waals surface area contributed by atoms with Crippen molar-refractivity contribution in [3.05, 3.63) is 34.1 Å². The van der Waals surface area contributed by atoms with E-state index in [1.807, 2.05) is 11.9 Å². The van der Waals surface area contributed by atoms with Crippen molar-refractivity contribution in [1.29, 1.82) is 0 Å². The van der Waals surface area contributed by atoms with Gasteiger partial charge in [0.2, 0.25) is 5.91 Å². The molecule has 25 heavy (non-hydrogen) atoms. The summed E-state index contributed by atoms with van der Waals surface area (Å²) >= 11 is 6.26. The van der Waals surface area contributed by atoms with Gasteiger partial charge in [-0.3, -0.25) is 14.6 Å². The van der Waals surface area contributed by atoms with E-state index in [2.05, 4.69) is 16.8 Å². The zero-order chi connectivity index (χ0) is 18.2. The second-order valence-electron chi connectivity index (χ2n) is 7.58. The number of amides is 1. The Morgan fingerprint density at radius 1 is 1.20 bits per heavy atom. The summed E-state index contributed by atoms with van der Waals surface area (Å²) in [6, 6.07) is 3.50. The quantitative estimate of drug-likeness (QED) is 0.804. The molecule has 0 aromatic heterocycles. The first kappa shape index (κ1) is 18.6. The van der Waals surface area contributed by atoms with E-state index in [0.29, 0.717) is 29.1 Å². The molecule has 0 N–H and O–H groups in total. The second-order valence-corrected chi connectivity index (χ2v) is 7.99. The van der Waals surface area contributed by atoms with E-state index in [9.17, 15) is 9.18 Å². The predicted octanol–water partition coefficient (Wildman–Crippen LogP) is 2.92. The van der Waals surface area contributed by atoms with Gasteiger partial charge in [-0.2, -0.15) is 0 Å². The standard InChI is InChI=1S/C19H27ClFN3O/c1-14-4-5-16(20)15(18(14)21)12-24-11-10-23(3)19(13-24)7-6-17(25)22(2)9-8-19/h4-5H,6-13H2,1-3H3. The van der Waals surface area contributed by atoms with Gasteiger partial charge in [-0.15, -0.1) is 0 Å². The highest BCUT2D eigenvalue weighted by atomic mass is 35.5. The highest BCUT2D eigenvalue weighted by Gasteiger charge is 2.41. The van der Waals surface area contributed by atoms with Crippen molar-refractivity contribution in [2.45, 2.75) is 38.3 Å². The molecule has 1 spiro atoms. The van der Waals surface area contributed by atoms with Crippen molar-refractivity contribution >= 4 is 17.5 Å². The van der Waals surface area contributed by atoms with E-state index in [0.717, 1.165) is 39.0 Å². The second kappa shape index (κ2) is 7.22. The maximum atomic E-state index is 14.5. The van der Waals surface area contributed by atoms with Crippen LogP contribution in [0.1, 0.15) is 30.4 Å². The minimum absolute atomic E-state index is 0.0224.